The zero-order chi connectivity index (χ0) is 11.5. The molecule has 0 N–H and O–H groups in total. The zero-order valence-electron chi connectivity index (χ0n) is 8.15. The van der Waals surface area contributed by atoms with Gasteiger partial charge in [0.15, 0.2) is 6.29 Å². The van der Waals surface area contributed by atoms with Gasteiger partial charge in [-0.1, -0.05) is 11.6 Å². The quantitative estimate of drug-likeness (QED) is 0.747. The highest BCUT2D eigenvalue weighted by Crippen LogP contribution is 2.24. The molecule has 0 fully saturated rings. The highest BCUT2D eigenvalue weighted by molar-refractivity contribution is 6.30. The van der Waals surface area contributed by atoms with Gasteiger partial charge in [-0.05, 0) is 29.8 Å². The second-order valence-electron chi connectivity index (χ2n) is 3.28. The van der Waals surface area contributed by atoms with E-state index in [4.69, 9.17) is 11.6 Å². The molecule has 2 rings (SSSR count). The van der Waals surface area contributed by atoms with Crippen LogP contribution < -0.4 is 0 Å². The van der Waals surface area contributed by atoms with E-state index >= 15 is 0 Å². The minimum Gasteiger partial charge on any atom is -0.298 e. The zero-order valence-corrected chi connectivity index (χ0v) is 8.91. The summed E-state index contributed by atoms with van der Waals surface area (Å²) in [6.07, 6.45) is 3.69. The van der Waals surface area contributed by atoms with Crippen molar-refractivity contribution >= 4 is 17.9 Å². The Morgan fingerprint density at radius 2 is 1.94 bits per heavy atom. The normalized spacial score (nSPS) is 10.1. The molecule has 0 spiro atoms. The standard InChI is InChI=1S/C12H7ClFNO/c13-11-2-9(3-12(14)4-11)10-1-8(7-16)5-15-6-10/h1-7H. The summed E-state index contributed by atoms with van der Waals surface area (Å²) in [6, 6.07) is 5.82. The average molecular weight is 236 g/mol. The van der Waals surface area contributed by atoms with E-state index in [1.165, 1.54) is 18.3 Å². The van der Waals surface area contributed by atoms with Gasteiger partial charge in [-0.3, -0.25) is 9.78 Å². The number of carbonyl (C=O) groups excluding carboxylic acids is 1. The molecule has 2 nitrogen and oxygen atoms in total. The van der Waals surface area contributed by atoms with Crippen molar-refractivity contribution in [3.63, 3.8) is 0 Å². The van der Waals surface area contributed by atoms with Crippen LogP contribution in [0.1, 0.15) is 10.4 Å². The van der Waals surface area contributed by atoms with Gasteiger partial charge in [0.1, 0.15) is 5.82 Å². The Morgan fingerprint density at radius 1 is 1.12 bits per heavy atom. The van der Waals surface area contributed by atoms with Crippen LogP contribution >= 0.6 is 11.6 Å². The van der Waals surface area contributed by atoms with Gasteiger partial charge >= 0.3 is 0 Å². The molecule has 80 valence electrons. The topological polar surface area (TPSA) is 30.0 Å². The van der Waals surface area contributed by atoms with Gasteiger partial charge in [-0.15, -0.1) is 0 Å². The molecule has 1 aromatic carbocycles. The fourth-order valence-electron chi connectivity index (χ4n) is 1.40. The maximum atomic E-state index is 13.1. The molecule has 16 heavy (non-hydrogen) atoms. The van der Waals surface area contributed by atoms with Crippen LogP contribution in [0.25, 0.3) is 11.1 Å². The van der Waals surface area contributed by atoms with E-state index in [0.717, 1.165) is 0 Å². The van der Waals surface area contributed by atoms with E-state index in [1.807, 2.05) is 0 Å². The third kappa shape index (κ3) is 2.25. The third-order valence-electron chi connectivity index (χ3n) is 2.09. The molecule has 0 unspecified atom stereocenters. The number of aldehydes is 1. The number of pyridine rings is 1. The minimum atomic E-state index is -0.418. The molecule has 0 aliphatic carbocycles. The van der Waals surface area contributed by atoms with Crippen molar-refractivity contribution in [1.82, 2.24) is 4.98 Å². The van der Waals surface area contributed by atoms with Crippen LogP contribution in [0, 0.1) is 5.82 Å². The Labute approximate surface area is 96.7 Å². The highest BCUT2D eigenvalue weighted by atomic mass is 35.5. The van der Waals surface area contributed by atoms with Gasteiger partial charge in [0.05, 0.1) is 0 Å². The van der Waals surface area contributed by atoms with Gasteiger partial charge in [0.2, 0.25) is 0 Å². The molecule has 0 atom stereocenters. The first-order valence-corrected chi connectivity index (χ1v) is 4.93. The van der Waals surface area contributed by atoms with E-state index < -0.39 is 5.82 Å². The summed E-state index contributed by atoms with van der Waals surface area (Å²) in [4.78, 5) is 14.5. The van der Waals surface area contributed by atoms with Crippen molar-refractivity contribution in [2.75, 3.05) is 0 Å². The monoisotopic (exact) mass is 235 g/mol. The molecule has 0 saturated heterocycles. The Bertz CT molecular complexity index is 522. The molecule has 0 amide bonds. The van der Waals surface area contributed by atoms with Gasteiger partial charge < -0.3 is 0 Å². The molecule has 1 aromatic heterocycles. The number of nitrogens with zero attached hydrogens (tertiary/aromatic N) is 1. The highest BCUT2D eigenvalue weighted by Gasteiger charge is 2.03. The number of halogens is 2. The molecular weight excluding hydrogens is 229 g/mol. The molecule has 0 saturated carbocycles. The number of hydrogen-bond donors (Lipinski definition) is 0. The average Bonchev–Trinajstić information content (AvgIpc) is 2.28. The lowest BCUT2D eigenvalue weighted by atomic mass is 10.1. The molecule has 2 aromatic rings. The van der Waals surface area contributed by atoms with E-state index in [2.05, 4.69) is 4.98 Å². The lowest BCUT2D eigenvalue weighted by Gasteiger charge is -2.02. The lowest BCUT2D eigenvalue weighted by molar-refractivity contribution is 0.112. The summed E-state index contributed by atoms with van der Waals surface area (Å²) in [5.41, 5.74) is 1.70. The maximum Gasteiger partial charge on any atom is 0.151 e. The molecule has 0 aliphatic heterocycles. The smallest absolute Gasteiger partial charge is 0.151 e. The van der Waals surface area contributed by atoms with Crippen LogP contribution in [0.3, 0.4) is 0 Å². The fraction of sp³-hybridized carbons (Fsp3) is 0. The second kappa shape index (κ2) is 4.41. The van der Waals surface area contributed by atoms with Gasteiger partial charge in [0.25, 0.3) is 0 Å². The number of aromatic nitrogens is 1. The number of benzene rings is 1. The Morgan fingerprint density at radius 3 is 2.62 bits per heavy atom. The largest absolute Gasteiger partial charge is 0.298 e. The van der Waals surface area contributed by atoms with Crippen molar-refractivity contribution in [3.05, 3.63) is 53.1 Å². The van der Waals surface area contributed by atoms with E-state index in [0.29, 0.717) is 28.0 Å². The van der Waals surface area contributed by atoms with Crippen molar-refractivity contribution < 1.29 is 9.18 Å². The SMILES string of the molecule is O=Cc1cncc(-c2cc(F)cc(Cl)c2)c1. The van der Waals surface area contributed by atoms with Crippen LogP contribution in [0.4, 0.5) is 4.39 Å². The first-order chi connectivity index (χ1) is 7.69. The van der Waals surface area contributed by atoms with Crippen LogP contribution in [0.2, 0.25) is 5.02 Å². The molecule has 0 radical (unpaired) electrons. The first-order valence-electron chi connectivity index (χ1n) is 4.56. The summed E-state index contributed by atoms with van der Waals surface area (Å²) >= 11 is 5.74. The molecule has 4 heteroatoms. The van der Waals surface area contributed by atoms with Crippen molar-refractivity contribution in [2.45, 2.75) is 0 Å². The van der Waals surface area contributed by atoms with E-state index in [9.17, 15) is 9.18 Å². The number of hydrogen-bond acceptors (Lipinski definition) is 2. The molecule has 0 aliphatic rings. The summed E-state index contributed by atoms with van der Waals surface area (Å²) in [7, 11) is 0. The molecule has 0 bridgehead atoms. The predicted octanol–water partition coefficient (Wildman–Crippen LogP) is 3.35. The lowest BCUT2D eigenvalue weighted by Crippen LogP contribution is -1.86. The summed E-state index contributed by atoms with van der Waals surface area (Å²) in [5, 5.41) is 0.312. The fourth-order valence-corrected chi connectivity index (χ4v) is 1.62. The second-order valence-corrected chi connectivity index (χ2v) is 3.72. The minimum absolute atomic E-state index is 0.312. The Hall–Kier alpha value is -1.74. The Balaban J connectivity index is 2.53. The van der Waals surface area contributed by atoms with Gasteiger partial charge in [-0.2, -0.15) is 0 Å². The van der Waals surface area contributed by atoms with Crippen LogP contribution in [0.5, 0.6) is 0 Å². The van der Waals surface area contributed by atoms with Crippen LogP contribution in [-0.2, 0) is 0 Å². The molecule has 1 heterocycles. The Kier molecular flexibility index (Phi) is 2.97. The van der Waals surface area contributed by atoms with Crippen molar-refractivity contribution in [3.8, 4) is 11.1 Å². The van der Waals surface area contributed by atoms with Gasteiger partial charge in [0, 0.05) is 28.5 Å². The van der Waals surface area contributed by atoms with Crippen molar-refractivity contribution in [2.24, 2.45) is 0 Å². The van der Waals surface area contributed by atoms with Gasteiger partial charge in [-0.25, -0.2) is 4.39 Å². The predicted molar refractivity (Wildman–Crippen MR) is 60.0 cm³/mol. The summed E-state index contributed by atoms with van der Waals surface area (Å²) < 4.78 is 13.1. The van der Waals surface area contributed by atoms with Crippen LogP contribution in [0.15, 0.2) is 36.7 Å². The maximum absolute atomic E-state index is 13.1. The van der Waals surface area contributed by atoms with E-state index in [1.54, 1.807) is 18.3 Å². The number of carbonyl (C=O) groups is 1. The van der Waals surface area contributed by atoms with Crippen molar-refractivity contribution in [1.29, 1.82) is 0 Å². The number of rotatable bonds is 2. The van der Waals surface area contributed by atoms with Crippen LogP contribution in [-0.4, -0.2) is 11.3 Å². The summed E-state index contributed by atoms with van der Waals surface area (Å²) in [6.45, 7) is 0. The first kappa shape index (κ1) is 10.8. The summed E-state index contributed by atoms with van der Waals surface area (Å²) in [5.74, 6) is -0.418. The third-order valence-corrected chi connectivity index (χ3v) is 2.31. The molecular formula is C12H7ClFNO. The van der Waals surface area contributed by atoms with E-state index in [-0.39, 0.29) is 0 Å².